The Bertz CT molecular complexity index is 1230. The van der Waals surface area contributed by atoms with Gasteiger partial charge in [0.1, 0.15) is 23.4 Å². The van der Waals surface area contributed by atoms with Gasteiger partial charge >= 0.3 is 5.97 Å². The van der Waals surface area contributed by atoms with Crippen LogP contribution in [0.1, 0.15) is 78.8 Å². The summed E-state index contributed by atoms with van der Waals surface area (Å²) in [5.41, 5.74) is 4.65. The van der Waals surface area contributed by atoms with Crippen LogP contribution >= 0.6 is 0 Å². The molecule has 1 saturated carbocycles. The first-order valence-electron chi connectivity index (χ1n) is 12.2. The number of rotatable bonds is 6. The van der Waals surface area contributed by atoms with E-state index in [1.54, 1.807) is 4.90 Å². The molecule has 2 aromatic rings. The molecule has 5 rings (SSSR count). The van der Waals surface area contributed by atoms with Crippen LogP contribution in [0.4, 0.5) is 5.69 Å². The number of nitrogens with zero attached hydrogens (tertiary/aromatic N) is 3. The van der Waals surface area contributed by atoms with Gasteiger partial charge in [-0.25, -0.2) is 4.98 Å². The maximum absolute atomic E-state index is 13.5. The number of Topliss-reactive ketones (excluding diaryl/α,β-unsaturated/α-hetero) is 1. The summed E-state index contributed by atoms with van der Waals surface area (Å²) in [5, 5.41) is 17.9. The molecule has 1 fully saturated rings. The van der Waals surface area contributed by atoms with Crippen LogP contribution in [0.5, 0.6) is 5.75 Å². The van der Waals surface area contributed by atoms with Gasteiger partial charge in [-0.15, -0.1) is 0 Å². The van der Waals surface area contributed by atoms with E-state index < -0.39 is 12.1 Å². The second-order valence-electron chi connectivity index (χ2n) is 11.0. The van der Waals surface area contributed by atoms with E-state index in [-0.39, 0.29) is 24.2 Å². The Labute approximate surface area is 205 Å². The largest absolute Gasteiger partial charge is 0.485 e. The number of pyridine rings is 1. The number of nitrogens with one attached hydrogen (secondary N) is 1. The smallest absolute Gasteiger partial charge is 0.307 e. The first-order chi connectivity index (χ1) is 16.5. The summed E-state index contributed by atoms with van der Waals surface area (Å²) in [4.78, 5) is 33.2. The third-order valence-corrected chi connectivity index (χ3v) is 7.01. The van der Waals surface area contributed by atoms with E-state index in [2.05, 4.69) is 26.8 Å². The van der Waals surface area contributed by atoms with Gasteiger partial charge in [0.05, 0.1) is 25.2 Å². The highest BCUT2D eigenvalue weighted by Gasteiger charge is 2.34. The molecule has 184 valence electrons. The first kappa shape index (κ1) is 23.3. The SMILES string of the molecule is CN1CC(CC(=O)O)Oc2c1cc(C(=O)CN1Cc3ccc(C4CC4)nc3C1=N)cc2C(C)(C)C. The standard InChI is InChI=1S/C27H32N4O4/c1-27(2,3)19-9-17(10-21-25(19)35-18(11-23(33)34)13-30(21)4)22(32)14-31-12-16-7-8-20(15-5-6-15)29-24(16)26(31)28/h7-10,15,18,28H,5-6,11-14H2,1-4H3,(H,33,34). The van der Waals surface area contributed by atoms with Gasteiger partial charge < -0.3 is 19.6 Å². The van der Waals surface area contributed by atoms with Crippen molar-refractivity contribution in [3.63, 3.8) is 0 Å². The van der Waals surface area contributed by atoms with Crippen molar-refractivity contribution in [3.05, 3.63) is 52.3 Å². The number of aromatic nitrogens is 1. The number of likely N-dealkylation sites (N-methyl/N-ethyl adjacent to an activating group) is 1. The van der Waals surface area contributed by atoms with Crippen LogP contribution in [0.25, 0.3) is 0 Å². The van der Waals surface area contributed by atoms with Gasteiger partial charge in [0.15, 0.2) is 5.78 Å². The molecule has 1 aromatic heterocycles. The van der Waals surface area contributed by atoms with E-state index in [1.165, 1.54) is 0 Å². The molecule has 1 aliphatic carbocycles. The average Bonchev–Trinajstić information content (AvgIpc) is 3.58. The molecule has 3 aliphatic rings. The summed E-state index contributed by atoms with van der Waals surface area (Å²) in [6.07, 6.45) is 1.78. The topological polar surface area (TPSA) is 107 Å². The number of hydrogen-bond donors (Lipinski definition) is 2. The quantitative estimate of drug-likeness (QED) is 0.608. The zero-order chi connectivity index (χ0) is 25.1. The molecule has 35 heavy (non-hydrogen) atoms. The summed E-state index contributed by atoms with van der Waals surface area (Å²) < 4.78 is 6.15. The lowest BCUT2D eigenvalue weighted by Gasteiger charge is -2.37. The van der Waals surface area contributed by atoms with Crippen LogP contribution in [0, 0.1) is 5.41 Å². The minimum absolute atomic E-state index is 0.0701. The summed E-state index contributed by atoms with van der Waals surface area (Å²) >= 11 is 0. The molecule has 2 N–H and O–H groups in total. The van der Waals surface area contributed by atoms with Crippen LogP contribution in [-0.4, -0.2) is 58.8 Å². The van der Waals surface area contributed by atoms with Crippen molar-refractivity contribution in [3.8, 4) is 5.75 Å². The lowest BCUT2D eigenvalue weighted by Crippen LogP contribution is -2.40. The molecule has 0 amide bonds. The molecule has 8 nitrogen and oxygen atoms in total. The highest BCUT2D eigenvalue weighted by molar-refractivity contribution is 6.05. The molecule has 0 saturated heterocycles. The van der Waals surface area contributed by atoms with Crippen LogP contribution in [0.2, 0.25) is 0 Å². The lowest BCUT2D eigenvalue weighted by molar-refractivity contribution is -0.138. The zero-order valence-electron chi connectivity index (χ0n) is 20.7. The summed E-state index contributed by atoms with van der Waals surface area (Å²) in [6, 6.07) is 7.81. The molecule has 0 bridgehead atoms. The fourth-order valence-electron chi connectivity index (χ4n) is 4.92. The van der Waals surface area contributed by atoms with Crippen molar-refractivity contribution in [2.24, 2.45) is 0 Å². The maximum atomic E-state index is 13.5. The number of amidine groups is 1. The molecule has 1 unspecified atom stereocenters. The number of carboxylic acid groups (broad SMARTS) is 1. The normalized spacial score (nSPS) is 19.3. The zero-order valence-corrected chi connectivity index (χ0v) is 20.7. The van der Waals surface area contributed by atoms with Gasteiger partial charge in [0.25, 0.3) is 0 Å². The Morgan fingerprint density at radius 3 is 2.63 bits per heavy atom. The number of anilines is 1. The predicted octanol–water partition coefficient (Wildman–Crippen LogP) is 3.95. The highest BCUT2D eigenvalue weighted by Crippen LogP contribution is 2.43. The van der Waals surface area contributed by atoms with E-state index in [0.717, 1.165) is 35.3 Å². The monoisotopic (exact) mass is 476 g/mol. The number of carbonyl (C=O) groups is 2. The first-order valence-corrected chi connectivity index (χ1v) is 12.2. The van der Waals surface area contributed by atoms with Crippen molar-refractivity contribution in [1.29, 1.82) is 5.41 Å². The Morgan fingerprint density at radius 1 is 1.23 bits per heavy atom. The van der Waals surface area contributed by atoms with Crippen LogP contribution in [-0.2, 0) is 16.8 Å². The summed E-state index contributed by atoms with van der Waals surface area (Å²) in [7, 11) is 1.90. The molecular weight excluding hydrogens is 444 g/mol. The van der Waals surface area contributed by atoms with Crippen molar-refractivity contribution in [1.82, 2.24) is 9.88 Å². The van der Waals surface area contributed by atoms with Crippen LogP contribution in [0.15, 0.2) is 24.3 Å². The Morgan fingerprint density at radius 2 is 1.97 bits per heavy atom. The molecule has 1 aromatic carbocycles. The number of ether oxygens (including phenoxy) is 1. The highest BCUT2D eigenvalue weighted by atomic mass is 16.5. The van der Waals surface area contributed by atoms with Crippen molar-refractivity contribution in [2.75, 3.05) is 25.0 Å². The molecule has 0 radical (unpaired) electrons. The van der Waals surface area contributed by atoms with Gasteiger partial charge in [0.2, 0.25) is 0 Å². The lowest BCUT2D eigenvalue weighted by atomic mass is 9.83. The van der Waals surface area contributed by atoms with Crippen LogP contribution < -0.4 is 9.64 Å². The molecule has 0 spiro atoms. The molecule has 2 aliphatic heterocycles. The third kappa shape index (κ3) is 4.49. The maximum Gasteiger partial charge on any atom is 0.307 e. The van der Waals surface area contributed by atoms with Gasteiger partial charge in [0, 0.05) is 41.9 Å². The summed E-state index contributed by atoms with van der Waals surface area (Å²) in [6.45, 7) is 7.20. The Balaban J connectivity index is 1.41. The molecule has 3 heterocycles. The van der Waals surface area contributed by atoms with Gasteiger partial charge in [-0.1, -0.05) is 26.8 Å². The van der Waals surface area contributed by atoms with Crippen molar-refractivity contribution in [2.45, 2.75) is 64.0 Å². The second-order valence-corrected chi connectivity index (χ2v) is 11.0. The van der Waals surface area contributed by atoms with Crippen molar-refractivity contribution < 1.29 is 19.4 Å². The minimum atomic E-state index is -0.899. The number of fused-ring (bicyclic) bond motifs is 2. The number of carbonyl (C=O) groups excluding carboxylic acids is 1. The van der Waals surface area contributed by atoms with E-state index >= 15 is 0 Å². The molecule has 1 atom stereocenters. The van der Waals surface area contributed by atoms with Gasteiger partial charge in [-0.2, -0.15) is 0 Å². The number of ketones is 1. The van der Waals surface area contributed by atoms with E-state index in [0.29, 0.717) is 41.8 Å². The Hall–Kier alpha value is -3.42. The number of hydrogen-bond acceptors (Lipinski definition) is 6. The summed E-state index contributed by atoms with van der Waals surface area (Å²) in [5.74, 6) is 0.501. The Kier molecular flexibility index (Phi) is 5.57. The number of benzene rings is 1. The van der Waals surface area contributed by atoms with E-state index in [9.17, 15) is 14.7 Å². The van der Waals surface area contributed by atoms with Gasteiger partial charge in [-0.05, 0) is 36.5 Å². The third-order valence-electron chi connectivity index (χ3n) is 7.01. The predicted molar refractivity (Wildman–Crippen MR) is 133 cm³/mol. The number of carboxylic acids is 1. The molecular formula is C27H32N4O4. The fourth-order valence-corrected chi connectivity index (χ4v) is 4.92. The van der Waals surface area contributed by atoms with Crippen LogP contribution in [0.3, 0.4) is 0 Å². The fraction of sp³-hybridized carbons (Fsp3) is 0.481. The molecule has 8 heteroatoms. The second kappa shape index (κ2) is 8.36. The minimum Gasteiger partial charge on any atom is -0.485 e. The van der Waals surface area contributed by atoms with E-state index in [4.69, 9.17) is 15.1 Å². The van der Waals surface area contributed by atoms with Gasteiger partial charge in [-0.3, -0.25) is 15.0 Å². The van der Waals surface area contributed by atoms with Crippen molar-refractivity contribution >= 4 is 23.3 Å². The number of aliphatic carboxylic acids is 1. The van der Waals surface area contributed by atoms with E-state index in [1.807, 2.05) is 30.1 Å². The average molecular weight is 477 g/mol.